The maximum Gasteiger partial charge on any atom is 0.137 e. The Kier molecular flexibility index (Phi) is 2.09. The molecule has 0 amide bonds. The zero-order valence-corrected chi connectivity index (χ0v) is 8.98. The van der Waals surface area contributed by atoms with E-state index in [4.69, 9.17) is 0 Å². The molecule has 1 aliphatic carbocycles. The quantitative estimate of drug-likeness (QED) is 0.735. The van der Waals surface area contributed by atoms with Gasteiger partial charge in [0.15, 0.2) is 0 Å². The van der Waals surface area contributed by atoms with Crippen LogP contribution in [0.25, 0.3) is 0 Å². The first-order valence-electron chi connectivity index (χ1n) is 5.63. The molecule has 4 heteroatoms. The van der Waals surface area contributed by atoms with Crippen LogP contribution in [0.5, 0.6) is 0 Å². The lowest BCUT2D eigenvalue weighted by Gasteiger charge is -2.31. The average molecular weight is 204 g/mol. The molecule has 0 atom stereocenters. The normalized spacial score (nSPS) is 22.2. The number of hydrogen-bond donors (Lipinski definition) is 1. The van der Waals surface area contributed by atoms with E-state index in [1.165, 1.54) is 5.82 Å². The van der Waals surface area contributed by atoms with E-state index in [0.29, 0.717) is 12.0 Å². The standard InChI is InChI=1S/C11H16N4/c1-8-13-14-11(9-4-2-3-5-9)15(8)10-6-12-7-10/h2-3,9-10,12H,4-7H2,1H3. The van der Waals surface area contributed by atoms with E-state index in [-0.39, 0.29) is 0 Å². The predicted molar refractivity (Wildman–Crippen MR) is 57.8 cm³/mol. The third-order valence-corrected chi connectivity index (χ3v) is 3.39. The first-order chi connectivity index (χ1) is 7.36. The summed E-state index contributed by atoms with van der Waals surface area (Å²) in [5.41, 5.74) is 0. The predicted octanol–water partition coefficient (Wildman–Crippen LogP) is 1.16. The topological polar surface area (TPSA) is 42.7 Å². The summed E-state index contributed by atoms with van der Waals surface area (Å²) in [5.74, 6) is 2.80. The molecule has 3 rings (SSSR count). The van der Waals surface area contributed by atoms with Crippen LogP contribution in [0, 0.1) is 6.92 Å². The molecule has 0 spiro atoms. The molecule has 1 fully saturated rings. The lowest BCUT2D eigenvalue weighted by molar-refractivity contribution is 0.325. The highest BCUT2D eigenvalue weighted by Gasteiger charge is 2.27. The molecule has 1 aromatic heterocycles. The molecule has 1 saturated heterocycles. The van der Waals surface area contributed by atoms with Crippen molar-refractivity contribution in [3.63, 3.8) is 0 Å². The SMILES string of the molecule is Cc1nnc(C2CC=CC2)n1C1CNC1. The van der Waals surface area contributed by atoms with E-state index in [1.54, 1.807) is 0 Å². The number of hydrogen-bond acceptors (Lipinski definition) is 3. The zero-order valence-electron chi connectivity index (χ0n) is 8.98. The minimum Gasteiger partial charge on any atom is -0.313 e. The van der Waals surface area contributed by atoms with Gasteiger partial charge in [0.2, 0.25) is 0 Å². The Morgan fingerprint density at radius 2 is 2.00 bits per heavy atom. The fraction of sp³-hybridized carbons (Fsp3) is 0.636. The number of nitrogens with one attached hydrogen (secondary N) is 1. The van der Waals surface area contributed by atoms with Gasteiger partial charge in [-0.05, 0) is 19.8 Å². The molecule has 0 unspecified atom stereocenters. The molecule has 4 nitrogen and oxygen atoms in total. The van der Waals surface area contributed by atoms with Gasteiger partial charge >= 0.3 is 0 Å². The molecule has 1 aliphatic heterocycles. The van der Waals surface area contributed by atoms with Gasteiger partial charge in [0.25, 0.3) is 0 Å². The van der Waals surface area contributed by atoms with Crippen molar-refractivity contribution in [3.05, 3.63) is 23.8 Å². The van der Waals surface area contributed by atoms with Crippen molar-refractivity contribution in [1.29, 1.82) is 0 Å². The van der Waals surface area contributed by atoms with Gasteiger partial charge in [-0.1, -0.05) is 12.2 Å². The van der Waals surface area contributed by atoms with Gasteiger partial charge in [-0.3, -0.25) is 0 Å². The van der Waals surface area contributed by atoms with Crippen LogP contribution in [0.3, 0.4) is 0 Å². The lowest BCUT2D eigenvalue weighted by Crippen LogP contribution is -2.44. The van der Waals surface area contributed by atoms with Crippen LogP contribution < -0.4 is 5.32 Å². The van der Waals surface area contributed by atoms with Crippen molar-refractivity contribution in [2.24, 2.45) is 0 Å². The van der Waals surface area contributed by atoms with Gasteiger partial charge in [-0.2, -0.15) is 0 Å². The molecule has 2 aliphatic rings. The van der Waals surface area contributed by atoms with Crippen molar-refractivity contribution in [2.45, 2.75) is 31.7 Å². The number of rotatable bonds is 2. The molecule has 80 valence electrons. The van der Waals surface area contributed by atoms with E-state index < -0.39 is 0 Å². The molecule has 0 radical (unpaired) electrons. The van der Waals surface area contributed by atoms with Crippen LogP contribution in [-0.4, -0.2) is 27.9 Å². The molecule has 1 N–H and O–H groups in total. The fourth-order valence-corrected chi connectivity index (χ4v) is 2.40. The Bertz CT molecular complexity index is 381. The Labute approximate surface area is 89.4 Å². The number of allylic oxidation sites excluding steroid dienone is 2. The monoisotopic (exact) mass is 204 g/mol. The minimum atomic E-state index is 0.562. The molecule has 15 heavy (non-hydrogen) atoms. The molecule has 1 aromatic rings. The molecular formula is C11H16N4. The first kappa shape index (κ1) is 9.09. The van der Waals surface area contributed by atoms with E-state index in [1.807, 2.05) is 0 Å². The van der Waals surface area contributed by atoms with Gasteiger partial charge in [0, 0.05) is 19.0 Å². The van der Waals surface area contributed by atoms with E-state index in [2.05, 4.69) is 39.2 Å². The summed E-state index contributed by atoms with van der Waals surface area (Å²) in [5, 5.41) is 11.9. The van der Waals surface area contributed by atoms with Crippen LogP contribution in [0.15, 0.2) is 12.2 Å². The Balaban J connectivity index is 1.92. The molecule has 0 aromatic carbocycles. The second-order valence-corrected chi connectivity index (χ2v) is 4.43. The second kappa shape index (κ2) is 3.45. The van der Waals surface area contributed by atoms with Crippen molar-refractivity contribution >= 4 is 0 Å². The summed E-state index contributed by atoms with van der Waals surface area (Å²) in [6, 6.07) is 0.579. The fourth-order valence-electron chi connectivity index (χ4n) is 2.40. The molecular weight excluding hydrogens is 188 g/mol. The maximum atomic E-state index is 4.35. The van der Waals surface area contributed by atoms with Crippen molar-refractivity contribution in [3.8, 4) is 0 Å². The highest BCUT2D eigenvalue weighted by Crippen LogP contribution is 2.30. The summed E-state index contributed by atoms with van der Waals surface area (Å²) >= 11 is 0. The van der Waals surface area contributed by atoms with Crippen LogP contribution in [-0.2, 0) is 0 Å². The third kappa shape index (κ3) is 1.40. The highest BCUT2D eigenvalue weighted by atomic mass is 15.3. The number of nitrogens with zero attached hydrogens (tertiary/aromatic N) is 3. The van der Waals surface area contributed by atoms with E-state index in [9.17, 15) is 0 Å². The van der Waals surface area contributed by atoms with Gasteiger partial charge in [-0.25, -0.2) is 0 Å². The summed E-state index contributed by atoms with van der Waals surface area (Å²) in [7, 11) is 0. The van der Waals surface area contributed by atoms with Gasteiger partial charge in [0.1, 0.15) is 11.6 Å². The summed E-state index contributed by atoms with van der Waals surface area (Å²) in [6.07, 6.45) is 6.74. The molecule has 0 saturated carbocycles. The minimum absolute atomic E-state index is 0.562. The number of aryl methyl sites for hydroxylation is 1. The van der Waals surface area contributed by atoms with E-state index >= 15 is 0 Å². The zero-order chi connectivity index (χ0) is 10.3. The van der Waals surface area contributed by atoms with Crippen molar-refractivity contribution in [1.82, 2.24) is 20.1 Å². The lowest BCUT2D eigenvalue weighted by atomic mass is 10.0. The van der Waals surface area contributed by atoms with Crippen LogP contribution in [0.1, 0.15) is 36.5 Å². The highest BCUT2D eigenvalue weighted by molar-refractivity contribution is 5.12. The van der Waals surface area contributed by atoms with Gasteiger partial charge in [0.05, 0.1) is 6.04 Å². The van der Waals surface area contributed by atoms with Crippen molar-refractivity contribution in [2.75, 3.05) is 13.1 Å². The van der Waals surface area contributed by atoms with Crippen LogP contribution >= 0.6 is 0 Å². The maximum absolute atomic E-state index is 4.35. The summed E-state index contributed by atoms with van der Waals surface area (Å²) in [4.78, 5) is 0. The Hall–Kier alpha value is -1.16. The summed E-state index contributed by atoms with van der Waals surface area (Å²) < 4.78 is 2.33. The van der Waals surface area contributed by atoms with Gasteiger partial charge in [-0.15, -0.1) is 10.2 Å². The van der Waals surface area contributed by atoms with E-state index in [0.717, 1.165) is 31.8 Å². The summed E-state index contributed by atoms with van der Waals surface area (Å²) in [6.45, 7) is 4.18. The Morgan fingerprint density at radius 3 is 2.60 bits per heavy atom. The molecule has 0 bridgehead atoms. The number of aromatic nitrogens is 3. The van der Waals surface area contributed by atoms with Crippen LogP contribution in [0.4, 0.5) is 0 Å². The average Bonchev–Trinajstić information content (AvgIpc) is 2.74. The van der Waals surface area contributed by atoms with Crippen LogP contribution in [0.2, 0.25) is 0 Å². The largest absolute Gasteiger partial charge is 0.313 e. The smallest absolute Gasteiger partial charge is 0.137 e. The first-order valence-corrected chi connectivity index (χ1v) is 5.63. The van der Waals surface area contributed by atoms with Gasteiger partial charge < -0.3 is 9.88 Å². The third-order valence-electron chi connectivity index (χ3n) is 3.39. The molecule has 2 heterocycles. The second-order valence-electron chi connectivity index (χ2n) is 4.43. The van der Waals surface area contributed by atoms with Crippen molar-refractivity contribution < 1.29 is 0 Å². The Morgan fingerprint density at radius 1 is 1.27 bits per heavy atom.